The van der Waals surface area contributed by atoms with Crippen molar-refractivity contribution < 1.29 is 22.3 Å². The highest BCUT2D eigenvalue weighted by Crippen LogP contribution is 2.40. The molecule has 0 saturated carbocycles. The van der Waals surface area contributed by atoms with Crippen LogP contribution in [-0.4, -0.2) is 42.6 Å². The van der Waals surface area contributed by atoms with Crippen molar-refractivity contribution in [3.63, 3.8) is 0 Å². The van der Waals surface area contributed by atoms with Crippen molar-refractivity contribution in [3.05, 3.63) is 83.8 Å². The van der Waals surface area contributed by atoms with Crippen LogP contribution in [0.15, 0.2) is 71.8 Å². The lowest BCUT2D eigenvalue weighted by atomic mass is 10.00. The Labute approximate surface area is 251 Å². The van der Waals surface area contributed by atoms with E-state index in [9.17, 15) is 13.2 Å². The highest BCUT2D eigenvalue weighted by molar-refractivity contribution is 7.92. The lowest BCUT2D eigenvalue weighted by Gasteiger charge is -2.32. The van der Waals surface area contributed by atoms with Gasteiger partial charge in [-0.15, -0.1) is 0 Å². The number of aromatic nitrogens is 1. The maximum atomic E-state index is 15.5. The molecule has 3 aromatic carbocycles. The Morgan fingerprint density at radius 2 is 1.91 bits per heavy atom. The minimum absolute atomic E-state index is 0.110. The van der Waals surface area contributed by atoms with Crippen LogP contribution in [0.25, 0.3) is 10.8 Å². The van der Waals surface area contributed by atoms with E-state index in [0.717, 1.165) is 10.8 Å². The average Bonchev–Trinajstić information content (AvgIpc) is 3.47. The first-order chi connectivity index (χ1) is 20.5. The zero-order valence-electron chi connectivity index (χ0n) is 24.4. The molecule has 5 N–H and O–H groups in total. The molecule has 226 valence electrons. The molecule has 0 spiro atoms. The molecule has 5 rings (SSSR count). The van der Waals surface area contributed by atoms with Crippen LogP contribution in [0.4, 0.5) is 21.6 Å². The molecule has 0 radical (unpaired) electrons. The summed E-state index contributed by atoms with van der Waals surface area (Å²) in [4.78, 5) is 20.4. The van der Waals surface area contributed by atoms with Crippen molar-refractivity contribution in [1.82, 2.24) is 9.88 Å². The summed E-state index contributed by atoms with van der Waals surface area (Å²) in [6.45, 7) is 5.80. The zero-order valence-corrected chi connectivity index (χ0v) is 25.2. The number of carbonyl (C=O) groups is 1. The van der Waals surface area contributed by atoms with Crippen LogP contribution < -0.4 is 21.5 Å². The molecule has 0 bridgehead atoms. The molecule has 43 heavy (non-hydrogen) atoms. The van der Waals surface area contributed by atoms with Gasteiger partial charge in [0.1, 0.15) is 23.4 Å². The number of likely N-dealkylation sites (tertiary alicyclic amines) is 1. The van der Waals surface area contributed by atoms with Crippen LogP contribution in [0.3, 0.4) is 0 Å². The number of nitrogens with two attached hydrogens (primary N) is 2. The summed E-state index contributed by atoms with van der Waals surface area (Å²) in [6, 6.07) is 14.5. The van der Waals surface area contributed by atoms with Crippen LogP contribution in [0, 0.1) is 5.82 Å². The molecule has 2 heterocycles. The number of anilines is 3. The number of amides is 1. The van der Waals surface area contributed by atoms with Crippen molar-refractivity contribution in [1.29, 1.82) is 0 Å². The van der Waals surface area contributed by atoms with Gasteiger partial charge in [-0.1, -0.05) is 0 Å². The van der Waals surface area contributed by atoms with Crippen LogP contribution in [-0.2, 0) is 14.6 Å². The number of nitrogens with one attached hydrogen (secondary N) is 1. The second-order valence-corrected chi connectivity index (χ2v) is 13.4. The Hall–Kier alpha value is -4.38. The van der Waals surface area contributed by atoms with Crippen molar-refractivity contribution in [2.24, 2.45) is 0 Å². The Morgan fingerprint density at radius 1 is 1.12 bits per heavy atom. The molecule has 1 fully saturated rings. The molecule has 1 amide bonds. The van der Waals surface area contributed by atoms with E-state index in [2.05, 4.69) is 10.3 Å². The number of ether oxygens (including phenoxy) is 1. The Balaban J connectivity index is 1.59. The minimum atomic E-state index is -3.68. The predicted molar refractivity (Wildman–Crippen MR) is 167 cm³/mol. The van der Waals surface area contributed by atoms with Gasteiger partial charge in [0.25, 0.3) is 0 Å². The number of carbonyl (C=O) groups excluding carboxylic acids is 1. The first-order valence-electron chi connectivity index (χ1n) is 14.3. The van der Waals surface area contributed by atoms with Gasteiger partial charge >= 0.3 is 0 Å². The van der Waals surface area contributed by atoms with Gasteiger partial charge in [0, 0.05) is 35.1 Å². The fraction of sp³-hybridized carbons (Fsp3) is 0.312. The quantitative estimate of drug-likeness (QED) is 0.208. The fourth-order valence-corrected chi connectivity index (χ4v) is 6.88. The molecule has 0 aliphatic carbocycles. The first kappa shape index (κ1) is 30.1. The van der Waals surface area contributed by atoms with E-state index in [1.54, 1.807) is 55.3 Å². The summed E-state index contributed by atoms with van der Waals surface area (Å²) >= 11 is 0. The molecule has 2 unspecified atom stereocenters. The molecule has 1 aliphatic heterocycles. The van der Waals surface area contributed by atoms with E-state index in [1.165, 1.54) is 24.3 Å². The number of hydrogen-bond donors (Lipinski definition) is 3. The minimum Gasteiger partial charge on any atom is -0.494 e. The summed E-state index contributed by atoms with van der Waals surface area (Å²) in [6.07, 6.45) is 2.77. The third-order valence-corrected chi connectivity index (χ3v) is 10.0. The largest absolute Gasteiger partial charge is 0.494 e. The van der Waals surface area contributed by atoms with Gasteiger partial charge < -0.3 is 26.4 Å². The molecular weight excluding hydrogens is 569 g/mol. The number of pyridine rings is 1. The summed E-state index contributed by atoms with van der Waals surface area (Å²) in [5, 5.41) is 4.14. The molecule has 9 nitrogen and oxygen atoms in total. The number of halogens is 1. The van der Waals surface area contributed by atoms with Gasteiger partial charge in [-0.3, -0.25) is 4.79 Å². The topological polar surface area (TPSA) is 141 Å². The first-order valence-corrected chi connectivity index (χ1v) is 15.8. The number of rotatable bonds is 9. The molecule has 2 atom stereocenters. The maximum absolute atomic E-state index is 15.5. The van der Waals surface area contributed by atoms with Gasteiger partial charge in [-0.25, -0.2) is 17.8 Å². The maximum Gasteiger partial charge on any atom is 0.250 e. The number of sulfone groups is 1. The smallest absolute Gasteiger partial charge is 0.250 e. The van der Waals surface area contributed by atoms with Crippen LogP contribution >= 0.6 is 0 Å². The molecule has 1 aliphatic rings. The van der Waals surface area contributed by atoms with E-state index < -0.39 is 38.9 Å². The van der Waals surface area contributed by atoms with Crippen LogP contribution in [0.2, 0.25) is 0 Å². The summed E-state index contributed by atoms with van der Waals surface area (Å²) < 4.78 is 47.8. The van der Waals surface area contributed by atoms with E-state index >= 15 is 4.39 Å². The van der Waals surface area contributed by atoms with E-state index in [1.807, 2.05) is 13.0 Å². The summed E-state index contributed by atoms with van der Waals surface area (Å²) in [5.41, 5.74) is 13.7. The number of benzene rings is 3. The third kappa shape index (κ3) is 5.94. The Kier molecular flexibility index (Phi) is 8.45. The van der Waals surface area contributed by atoms with E-state index in [0.29, 0.717) is 54.5 Å². The second-order valence-electron chi connectivity index (χ2n) is 10.9. The van der Waals surface area contributed by atoms with Crippen molar-refractivity contribution in [3.8, 4) is 5.75 Å². The summed E-state index contributed by atoms with van der Waals surface area (Å²) in [5.74, 6) is -0.178. The molecular formula is C32H36FN5O4S. The highest BCUT2D eigenvalue weighted by Gasteiger charge is 2.38. The van der Waals surface area contributed by atoms with Crippen molar-refractivity contribution in [2.75, 3.05) is 29.9 Å². The molecule has 1 saturated heterocycles. The lowest BCUT2D eigenvalue weighted by Crippen LogP contribution is -2.38. The molecule has 4 aromatic rings. The number of nitrogen functional groups attached to an aromatic ring is 2. The fourth-order valence-electron chi connectivity index (χ4n) is 5.59. The predicted octanol–water partition coefficient (Wildman–Crippen LogP) is 5.64. The van der Waals surface area contributed by atoms with Crippen molar-refractivity contribution >= 4 is 43.7 Å². The van der Waals surface area contributed by atoms with Crippen LogP contribution in [0.5, 0.6) is 5.75 Å². The van der Waals surface area contributed by atoms with Gasteiger partial charge in [0.2, 0.25) is 5.91 Å². The van der Waals surface area contributed by atoms with Crippen molar-refractivity contribution in [2.45, 2.75) is 55.8 Å². The third-order valence-electron chi connectivity index (χ3n) is 7.80. The van der Waals surface area contributed by atoms with Gasteiger partial charge in [0.05, 0.1) is 22.8 Å². The number of hydrogen-bond acceptors (Lipinski definition) is 8. The van der Waals surface area contributed by atoms with Crippen LogP contribution in [0.1, 0.15) is 56.8 Å². The Morgan fingerprint density at radius 3 is 2.65 bits per heavy atom. The monoisotopic (exact) mass is 605 g/mol. The summed E-state index contributed by atoms with van der Waals surface area (Å²) in [7, 11) is -3.68. The Bertz CT molecular complexity index is 1780. The highest BCUT2D eigenvalue weighted by atomic mass is 32.2. The standard InChI is InChI=1S/C32H36FN5O4S/c1-4-42-23-9-11-27(33)25(18-23)30(37-22-8-10-24-20(16-22)13-14-36-31(24)35)32(39)38-15-5-6-28(38)26-17-21(34)7-12-29(26)43(40,41)19(2)3/h7-14,16-19,28,30,37H,4-6,15,34H2,1-3H3,(H2,35,36). The SMILES string of the molecule is CCOc1ccc(F)c(C(Nc2ccc3c(N)nccc3c2)C(=O)N2CCCC2c2cc(N)ccc2S(=O)(=O)C(C)C)c1. The number of fused-ring (bicyclic) bond motifs is 1. The zero-order chi connectivity index (χ0) is 30.9. The normalized spacial score (nSPS) is 16.0. The second kappa shape index (κ2) is 12.1. The van der Waals surface area contributed by atoms with Gasteiger partial charge in [-0.2, -0.15) is 0 Å². The number of nitrogens with zero attached hydrogens (tertiary/aromatic N) is 2. The average molecular weight is 606 g/mol. The van der Waals surface area contributed by atoms with Gasteiger partial charge in [-0.05, 0) is 105 Å². The molecule has 1 aromatic heterocycles. The van der Waals surface area contributed by atoms with E-state index in [4.69, 9.17) is 16.2 Å². The van der Waals surface area contributed by atoms with Gasteiger partial charge in [0.15, 0.2) is 9.84 Å². The molecule has 11 heteroatoms. The van der Waals surface area contributed by atoms with E-state index in [-0.39, 0.29) is 10.5 Å². The lowest BCUT2D eigenvalue weighted by molar-refractivity contribution is -0.133.